The number of aromatic nitrogens is 1. The highest BCUT2D eigenvalue weighted by Crippen LogP contribution is 2.29. The largest absolute Gasteiger partial charge is 0.495 e. The van der Waals surface area contributed by atoms with Crippen molar-refractivity contribution < 1.29 is 13.9 Å². The van der Waals surface area contributed by atoms with E-state index >= 15 is 0 Å². The maximum absolute atomic E-state index is 12.8. The van der Waals surface area contributed by atoms with Gasteiger partial charge in [-0.25, -0.2) is 4.98 Å². The van der Waals surface area contributed by atoms with E-state index in [1.165, 1.54) is 0 Å². The highest BCUT2D eigenvalue weighted by atomic mass is 32.1. The molecule has 0 bridgehead atoms. The molecule has 0 unspecified atom stereocenters. The first kappa shape index (κ1) is 17.6. The van der Waals surface area contributed by atoms with Crippen molar-refractivity contribution in [2.45, 2.75) is 6.92 Å². The molecule has 1 saturated heterocycles. The molecule has 3 aromatic rings. The summed E-state index contributed by atoms with van der Waals surface area (Å²) in [4.78, 5) is 21.3. The van der Waals surface area contributed by atoms with Crippen molar-refractivity contribution in [3.05, 3.63) is 52.5 Å². The summed E-state index contributed by atoms with van der Waals surface area (Å²) in [7, 11) is 1.68. The number of benzene rings is 1. The van der Waals surface area contributed by atoms with Crippen LogP contribution in [-0.2, 0) is 0 Å². The Bertz CT molecular complexity index is 941. The maximum atomic E-state index is 12.8. The Kier molecular flexibility index (Phi) is 4.85. The van der Waals surface area contributed by atoms with Crippen LogP contribution < -0.4 is 9.64 Å². The number of ether oxygens (including phenoxy) is 1. The number of piperazine rings is 1. The highest BCUT2D eigenvalue weighted by molar-refractivity contribution is 7.09. The number of methoxy groups -OCH3 is 1. The number of nitrogens with zero attached hydrogens (tertiary/aromatic N) is 3. The first-order valence-corrected chi connectivity index (χ1v) is 9.73. The van der Waals surface area contributed by atoms with Gasteiger partial charge in [0.1, 0.15) is 11.4 Å². The fourth-order valence-electron chi connectivity index (χ4n) is 3.26. The average molecular weight is 383 g/mol. The van der Waals surface area contributed by atoms with Gasteiger partial charge in [0.25, 0.3) is 5.91 Å². The third-order valence-corrected chi connectivity index (χ3v) is 5.45. The second-order valence-electron chi connectivity index (χ2n) is 6.37. The number of aryl methyl sites for hydroxylation is 1. The van der Waals surface area contributed by atoms with E-state index < -0.39 is 0 Å². The van der Waals surface area contributed by atoms with Gasteiger partial charge >= 0.3 is 0 Å². The van der Waals surface area contributed by atoms with E-state index in [0.29, 0.717) is 24.6 Å². The first-order valence-electron chi connectivity index (χ1n) is 8.85. The number of thiazole rings is 1. The second-order valence-corrected chi connectivity index (χ2v) is 7.43. The van der Waals surface area contributed by atoms with Gasteiger partial charge in [-0.1, -0.05) is 12.1 Å². The fraction of sp³-hybridized carbons (Fsp3) is 0.300. The minimum Gasteiger partial charge on any atom is -0.495 e. The number of hydrogen-bond donors (Lipinski definition) is 0. The number of hydrogen-bond acceptors (Lipinski definition) is 6. The quantitative estimate of drug-likeness (QED) is 0.688. The molecule has 0 N–H and O–H groups in total. The molecule has 1 aliphatic rings. The summed E-state index contributed by atoms with van der Waals surface area (Å²) in [5, 5.41) is 2.91. The summed E-state index contributed by atoms with van der Waals surface area (Å²) < 4.78 is 11.2. The maximum Gasteiger partial charge on any atom is 0.289 e. The van der Waals surface area contributed by atoms with Crippen molar-refractivity contribution in [2.24, 2.45) is 0 Å². The number of rotatable bonds is 4. The molecule has 1 amide bonds. The number of para-hydroxylation sites is 2. The van der Waals surface area contributed by atoms with Crippen molar-refractivity contribution in [3.8, 4) is 17.2 Å². The molecule has 1 fully saturated rings. The molecular weight excluding hydrogens is 362 g/mol. The van der Waals surface area contributed by atoms with Crippen molar-refractivity contribution in [1.82, 2.24) is 9.88 Å². The van der Waals surface area contributed by atoms with Crippen LogP contribution in [0.5, 0.6) is 5.75 Å². The van der Waals surface area contributed by atoms with Crippen molar-refractivity contribution >= 4 is 22.9 Å². The smallest absolute Gasteiger partial charge is 0.289 e. The average Bonchev–Trinajstić information content (AvgIpc) is 3.36. The van der Waals surface area contributed by atoms with Crippen molar-refractivity contribution in [1.29, 1.82) is 0 Å². The van der Waals surface area contributed by atoms with Gasteiger partial charge in [-0.2, -0.15) is 0 Å². The van der Waals surface area contributed by atoms with Crippen LogP contribution in [0.25, 0.3) is 11.5 Å². The molecule has 0 radical (unpaired) electrons. The minimum absolute atomic E-state index is 0.0760. The molecule has 0 aliphatic carbocycles. The lowest BCUT2D eigenvalue weighted by molar-refractivity contribution is 0.0715. The lowest BCUT2D eigenvalue weighted by Crippen LogP contribution is -2.48. The molecular formula is C20H21N3O3S. The fourth-order valence-corrected chi connectivity index (χ4v) is 3.87. The number of anilines is 1. The third kappa shape index (κ3) is 3.55. The Labute approximate surface area is 162 Å². The Hall–Kier alpha value is -2.80. The molecule has 1 aliphatic heterocycles. The lowest BCUT2D eigenvalue weighted by Gasteiger charge is -2.36. The molecule has 4 rings (SSSR count). The van der Waals surface area contributed by atoms with Crippen LogP contribution in [0.1, 0.15) is 15.6 Å². The van der Waals surface area contributed by atoms with Crippen LogP contribution in [0.4, 0.5) is 5.69 Å². The number of amides is 1. The van der Waals surface area contributed by atoms with Gasteiger partial charge in [0, 0.05) is 31.6 Å². The summed E-state index contributed by atoms with van der Waals surface area (Å²) in [6, 6.07) is 11.5. The summed E-state index contributed by atoms with van der Waals surface area (Å²) in [5.41, 5.74) is 1.84. The van der Waals surface area contributed by atoms with E-state index in [1.807, 2.05) is 47.5 Å². The molecule has 3 heterocycles. The van der Waals surface area contributed by atoms with Gasteiger partial charge in [0.15, 0.2) is 11.5 Å². The minimum atomic E-state index is -0.0760. The Morgan fingerprint density at radius 3 is 2.63 bits per heavy atom. The standard InChI is InChI=1S/C20H21N3O3S/c1-14-21-15(13-27-14)17-7-8-19(26-17)20(24)23-11-9-22(10-12-23)16-5-3-4-6-18(16)25-2/h3-8,13H,9-12H2,1-2H3. The molecule has 27 heavy (non-hydrogen) atoms. The van der Waals surface area contributed by atoms with Gasteiger partial charge in [-0.05, 0) is 31.2 Å². The molecule has 2 aromatic heterocycles. The Balaban J connectivity index is 1.42. The lowest BCUT2D eigenvalue weighted by atomic mass is 10.2. The van der Waals surface area contributed by atoms with Crippen LogP contribution in [0.3, 0.4) is 0 Å². The van der Waals surface area contributed by atoms with Gasteiger partial charge < -0.3 is 19.0 Å². The molecule has 0 saturated carbocycles. The number of carbonyl (C=O) groups excluding carboxylic acids is 1. The predicted molar refractivity (Wildman–Crippen MR) is 106 cm³/mol. The van der Waals surface area contributed by atoms with Crippen molar-refractivity contribution in [2.75, 3.05) is 38.2 Å². The number of furan rings is 1. The topological polar surface area (TPSA) is 58.8 Å². The van der Waals surface area contributed by atoms with Gasteiger partial charge in [-0.3, -0.25) is 4.79 Å². The van der Waals surface area contributed by atoms with E-state index in [1.54, 1.807) is 24.5 Å². The van der Waals surface area contributed by atoms with Crippen LogP contribution in [0.15, 0.2) is 46.2 Å². The molecule has 0 atom stereocenters. The zero-order valence-electron chi connectivity index (χ0n) is 15.3. The molecule has 140 valence electrons. The second kappa shape index (κ2) is 7.44. The third-order valence-electron chi connectivity index (χ3n) is 4.68. The zero-order valence-corrected chi connectivity index (χ0v) is 16.2. The van der Waals surface area contributed by atoms with Gasteiger partial charge in [0.2, 0.25) is 0 Å². The molecule has 6 nitrogen and oxygen atoms in total. The van der Waals surface area contributed by atoms with Crippen molar-refractivity contribution in [3.63, 3.8) is 0 Å². The monoisotopic (exact) mass is 383 g/mol. The summed E-state index contributed by atoms with van der Waals surface area (Å²) >= 11 is 1.56. The SMILES string of the molecule is COc1ccccc1N1CCN(C(=O)c2ccc(-c3csc(C)n3)o2)CC1. The van der Waals surface area contributed by atoms with Crippen LogP contribution in [0, 0.1) is 6.92 Å². The van der Waals surface area contributed by atoms with E-state index in [4.69, 9.17) is 9.15 Å². The van der Waals surface area contributed by atoms with Crippen LogP contribution >= 0.6 is 11.3 Å². The summed E-state index contributed by atoms with van der Waals surface area (Å²) in [5.74, 6) is 1.77. The zero-order chi connectivity index (χ0) is 18.8. The summed E-state index contributed by atoms with van der Waals surface area (Å²) in [6.45, 7) is 4.74. The molecule has 1 aromatic carbocycles. The first-order chi connectivity index (χ1) is 13.2. The van der Waals surface area contributed by atoms with E-state index in [0.717, 1.165) is 35.2 Å². The normalized spacial score (nSPS) is 14.4. The van der Waals surface area contributed by atoms with Gasteiger partial charge in [-0.15, -0.1) is 11.3 Å². The molecule has 7 heteroatoms. The van der Waals surface area contributed by atoms with Crippen LogP contribution in [-0.4, -0.2) is 49.1 Å². The Morgan fingerprint density at radius 2 is 1.93 bits per heavy atom. The van der Waals surface area contributed by atoms with E-state index in [-0.39, 0.29) is 5.91 Å². The summed E-state index contributed by atoms with van der Waals surface area (Å²) in [6.07, 6.45) is 0. The number of carbonyl (C=O) groups is 1. The Morgan fingerprint density at radius 1 is 1.15 bits per heavy atom. The van der Waals surface area contributed by atoms with Crippen LogP contribution in [0.2, 0.25) is 0 Å². The van der Waals surface area contributed by atoms with E-state index in [9.17, 15) is 4.79 Å². The van der Waals surface area contributed by atoms with Gasteiger partial charge in [0.05, 0.1) is 17.8 Å². The van der Waals surface area contributed by atoms with E-state index in [2.05, 4.69) is 9.88 Å². The predicted octanol–water partition coefficient (Wildman–Crippen LogP) is 3.68. The molecule has 0 spiro atoms. The highest BCUT2D eigenvalue weighted by Gasteiger charge is 2.25.